The van der Waals surface area contributed by atoms with E-state index in [0.29, 0.717) is 12.1 Å². The van der Waals surface area contributed by atoms with Gasteiger partial charge in [0.2, 0.25) is 0 Å². The molecule has 90 valence electrons. The Labute approximate surface area is 95.0 Å². The van der Waals surface area contributed by atoms with Crippen LogP contribution in [0.2, 0.25) is 0 Å². The maximum absolute atomic E-state index is 5.95. The van der Waals surface area contributed by atoms with E-state index in [-0.39, 0.29) is 5.60 Å². The quantitative estimate of drug-likeness (QED) is 0.711. The molecule has 1 rings (SSSR count). The van der Waals surface area contributed by atoms with Crippen LogP contribution in [0.25, 0.3) is 0 Å². The lowest BCUT2D eigenvalue weighted by Gasteiger charge is -2.46. The monoisotopic (exact) mass is 213 g/mol. The largest absolute Gasteiger partial charge is 0.373 e. The highest BCUT2D eigenvalue weighted by Gasteiger charge is 2.36. The Morgan fingerprint density at radius 3 is 2.13 bits per heavy atom. The number of ether oxygens (including phenoxy) is 1. The molecule has 0 bridgehead atoms. The van der Waals surface area contributed by atoms with Crippen LogP contribution in [0.15, 0.2) is 0 Å². The van der Waals surface area contributed by atoms with Crippen molar-refractivity contribution in [3.8, 4) is 0 Å². The molecule has 1 saturated carbocycles. The molecule has 1 fully saturated rings. The summed E-state index contributed by atoms with van der Waals surface area (Å²) in [5.74, 6) is 0. The van der Waals surface area contributed by atoms with Crippen LogP contribution in [0.5, 0.6) is 0 Å². The average Bonchev–Trinajstić information content (AvgIpc) is 1.97. The van der Waals surface area contributed by atoms with Gasteiger partial charge < -0.3 is 4.74 Å². The smallest absolute Gasteiger partial charge is 0.0612 e. The molecule has 1 aliphatic rings. The van der Waals surface area contributed by atoms with E-state index in [1.165, 1.54) is 12.8 Å². The standard InChI is InChI=1S/C13H27NO/c1-7-14(10(2)3)11-8-12(9-11)15-13(4,5)6/h10-12H,7-9H2,1-6H3. The fourth-order valence-corrected chi connectivity index (χ4v) is 2.45. The molecule has 0 aromatic rings. The van der Waals surface area contributed by atoms with Crippen LogP contribution >= 0.6 is 0 Å². The second-order valence-electron chi connectivity index (χ2n) is 5.90. The third-order valence-corrected chi connectivity index (χ3v) is 3.09. The Morgan fingerprint density at radius 2 is 1.80 bits per heavy atom. The second kappa shape index (κ2) is 4.84. The van der Waals surface area contributed by atoms with Gasteiger partial charge in [0.25, 0.3) is 0 Å². The lowest BCUT2D eigenvalue weighted by Crippen LogP contribution is -2.52. The number of hydrogen-bond donors (Lipinski definition) is 0. The van der Waals surface area contributed by atoms with E-state index < -0.39 is 0 Å². The van der Waals surface area contributed by atoms with Gasteiger partial charge in [-0.15, -0.1) is 0 Å². The van der Waals surface area contributed by atoms with Crippen molar-refractivity contribution in [2.24, 2.45) is 0 Å². The number of rotatable bonds is 4. The fourth-order valence-electron chi connectivity index (χ4n) is 2.45. The predicted molar refractivity (Wildman–Crippen MR) is 65.2 cm³/mol. The third-order valence-electron chi connectivity index (χ3n) is 3.09. The summed E-state index contributed by atoms with van der Waals surface area (Å²) in [6.07, 6.45) is 2.91. The molecule has 1 aliphatic carbocycles. The zero-order valence-corrected chi connectivity index (χ0v) is 11.2. The molecule has 0 aliphatic heterocycles. The Morgan fingerprint density at radius 1 is 1.27 bits per heavy atom. The van der Waals surface area contributed by atoms with Crippen molar-refractivity contribution in [1.82, 2.24) is 4.90 Å². The molecule has 0 N–H and O–H groups in total. The molecule has 0 aromatic carbocycles. The molecule has 0 radical (unpaired) electrons. The summed E-state index contributed by atoms with van der Waals surface area (Å²) in [5, 5.41) is 0. The summed E-state index contributed by atoms with van der Waals surface area (Å²) in [6.45, 7) is 14.4. The van der Waals surface area contributed by atoms with Gasteiger partial charge >= 0.3 is 0 Å². The SMILES string of the molecule is CCN(C(C)C)C1CC(OC(C)(C)C)C1. The summed E-state index contributed by atoms with van der Waals surface area (Å²) < 4.78 is 5.95. The molecular weight excluding hydrogens is 186 g/mol. The van der Waals surface area contributed by atoms with E-state index in [1.807, 2.05) is 0 Å². The van der Waals surface area contributed by atoms with E-state index in [1.54, 1.807) is 0 Å². The van der Waals surface area contributed by atoms with Crippen molar-refractivity contribution in [3.63, 3.8) is 0 Å². The highest BCUT2D eigenvalue weighted by atomic mass is 16.5. The summed E-state index contributed by atoms with van der Waals surface area (Å²) in [5.41, 5.74) is 0.0184. The van der Waals surface area contributed by atoms with Crippen LogP contribution in [0.4, 0.5) is 0 Å². The van der Waals surface area contributed by atoms with E-state index in [4.69, 9.17) is 4.74 Å². The van der Waals surface area contributed by atoms with Gasteiger partial charge in [-0.1, -0.05) is 6.92 Å². The minimum absolute atomic E-state index is 0.0184. The summed E-state index contributed by atoms with van der Waals surface area (Å²) in [4.78, 5) is 2.57. The van der Waals surface area contributed by atoms with Gasteiger partial charge in [-0.2, -0.15) is 0 Å². The first-order valence-corrected chi connectivity index (χ1v) is 6.27. The van der Waals surface area contributed by atoms with Crippen molar-refractivity contribution >= 4 is 0 Å². The molecule has 2 nitrogen and oxygen atoms in total. The van der Waals surface area contributed by atoms with Crippen molar-refractivity contribution in [3.05, 3.63) is 0 Å². The summed E-state index contributed by atoms with van der Waals surface area (Å²) >= 11 is 0. The van der Waals surface area contributed by atoms with Crippen LogP contribution in [-0.2, 0) is 4.74 Å². The molecule has 0 spiro atoms. The minimum Gasteiger partial charge on any atom is -0.373 e. The third kappa shape index (κ3) is 3.76. The molecule has 0 heterocycles. The van der Waals surface area contributed by atoms with Gasteiger partial charge in [0, 0.05) is 12.1 Å². The maximum atomic E-state index is 5.95. The first-order chi connectivity index (χ1) is 6.83. The molecule has 0 unspecified atom stereocenters. The van der Waals surface area contributed by atoms with Gasteiger partial charge in [0.05, 0.1) is 11.7 Å². The van der Waals surface area contributed by atoms with Crippen LogP contribution in [-0.4, -0.2) is 35.2 Å². The highest BCUT2D eigenvalue weighted by Crippen LogP contribution is 2.32. The Bertz CT molecular complexity index is 189. The summed E-state index contributed by atoms with van der Waals surface area (Å²) in [7, 11) is 0. The lowest BCUT2D eigenvalue weighted by molar-refractivity contribution is -0.122. The van der Waals surface area contributed by atoms with Crippen molar-refractivity contribution < 1.29 is 4.74 Å². The van der Waals surface area contributed by atoms with Gasteiger partial charge in [-0.3, -0.25) is 4.90 Å². The van der Waals surface area contributed by atoms with Gasteiger partial charge in [0.1, 0.15) is 0 Å². The van der Waals surface area contributed by atoms with Crippen LogP contribution < -0.4 is 0 Å². The average molecular weight is 213 g/mol. The maximum Gasteiger partial charge on any atom is 0.0612 e. The Balaban J connectivity index is 2.30. The Kier molecular flexibility index (Phi) is 4.19. The first-order valence-electron chi connectivity index (χ1n) is 6.27. The van der Waals surface area contributed by atoms with Crippen LogP contribution in [0.1, 0.15) is 54.4 Å². The fraction of sp³-hybridized carbons (Fsp3) is 1.00. The molecular formula is C13H27NO. The predicted octanol–water partition coefficient (Wildman–Crippen LogP) is 3.06. The van der Waals surface area contributed by atoms with Crippen molar-refractivity contribution in [2.75, 3.05) is 6.54 Å². The summed E-state index contributed by atoms with van der Waals surface area (Å²) in [6, 6.07) is 1.41. The van der Waals surface area contributed by atoms with Crippen LogP contribution in [0, 0.1) is 0 Å². The van der Waals surface area contributed by atoms with Gasteiger partial charge in [-0.25, -0.2) is 0 Å². The van der Waals surface area contributed by atoms with E-state index in [0.717, 1.165) is 12.6 Å². The zero-order chi connectivity index (χ0) is 11.6. The van der Waals surface area contributed by atoms with Gasteiger partial charge in [-0.05, 0) is 54.0 Å². The van der Waals surface area contributed by atoms with Crippen molar-refractivity contribution in [2.45, 2.75) is 78.2 Å². The van der Waals surface area contributed by atoms with Crippen molar-refractivity contribution in [1.29, 1.82) is 0 Å². The van der Waals surface area contributed by atoms with E-state index >= 15 is 0 Å². The molecule has 0 atom stereocenters. The lowest BCUT2D eigenvalue weighted by atomic mass is 9.86. The minimum atomic E-state index is 0.0184. The highest BCUT2D eigenvalue weighted by molar-refractivity contribution is 4.90. The molecule has 0 aromatic heterocycles. The molecule has 15 heavy (non-hydrogen) atoms. The molecule has 2 heteroatoms. The normalized spacial score (nSPS) is 27.2. The number of nitrogens with zero attached hydrogens (tertiary/aromatic N) is 1. The Hall–Kier alpha value is -0.0800. The first kappa shape index (κ1) is 13.0. The number of hydrogen-bond acceptors (Lipinski definition) is 2. The van der Waals surface area contributed by atoms with E-state index in [2.05, 4.69) is 46.4 Å². The van der Waals surface area contributed by atoms with Crippen LogP contribution in [0.3, 0.4) is 0 Å². The topological polar surface area (TPSA) is 12.5 Å². The molecule has 0 amide bonds. The van der Waals surface area contributed by atoms with E-state index in [9.17, 15) is 0 Å². The molecule has 0 saturated heterocycles. The second-order valence-corrected chi connectivity index (χ2v) is 5.90. The van der Waals surface area contributed by atoms with Gasteiger partial charge in [0.15, 0.2) is 0 Å². The zero-order valence-electron chi connectivity index (χ0n) is 11.2.